The molecule has 1 heterocycles. The molecule has 9 aromatic carbocycles. The van der Waals surface area contributed by atoms with E-state index in [1.54, 1.807) is 0 Å². The lowest BCUT2D eigenvalue weighted by Crippen LogP contribution is -2.10. The van der Waals surface area contributed by atoms with E-state index in [1.807, 2.05) is 12.1 Å². The number of hydrogen-bond acceptors (Lipinski definition) is 2. The summed E-state index contributed by atoms with van der Waals surface area (Å²) in [6.45, 7) is 0. The Balaban J connectivity index is 1.17. The smallest absolute Gasteiger partial charge is 0.143 e. The van der Waals surface area contributed by atoms with Gasteiger partial charge in [0.25, 0.3) is 0 Å². The van der Waals surface area contributed by atoms with Crippen LogP contribution in [0.3, 0.4) is 0 Å². The van der Waals surface area contributed by atoms with Crippen molar-refractivity contribution in [2.45, 2.75) is 0 Å². The van der Waals surface area contributed by atoms with Gasteiger partial charge in [0, 0.05) is 33.1 Å². The second-order valence-corrected chi connectivity index (χ2v) is 12.9. The summed E-state index contributed by atoms with van der Waals surface area (Å²) in [5.41, 5.74) is 9.76. The van der Waals surface area contributed by atoms with Gasteiger partial charge in [0.1, 0.15) is 11.2 Å². The SMILES string of the molecule is c1ccc(-c2ccc(N(c3ccc(-c4cccc5c4oc4ccccc45)cc3)c3cc4ccc5ccccc5c4c4ccccc34)cc2)cc1. The van der Waals surface area contributed by atoms with E-state index in [2.05, 4.69) is 181 Å². The quantitative estimate of drug-likeness (QED) is 0.175. The highest BCUT2D eigenvalue weighted by molar-refractivity contribution is 6.23. The van der Waals surface area contributed by atoms with Crippen molar-refractivity contribution in [3.8, 4) is 22.3 Å². The summed E-state index contributed by atoms with van der Waals surface area (Å²) in [6.07, 6.45) is 0. The van der Waals surface area contributed by atoms with Crippen LogP contribution in [0.5, 0.6) is 0 Å². The summed E-state index contributed by atoms with van der Waals surface area (Å²) >= 11 is 0. The molecule has 0 bridgehead atoms. The third-order valence-electron chi connectivity index (χ3n) is 10.0. The van der Waals surface area contributed by atoms with Gasteiger partial charge in [-0.3, -0.25) is 0 Å². The minimum absolute atomic E-state index is 0.910. The molecule has 0 radical (unpaired) electrons. The Labute approximate surface area is 290 Å². The van der Waals surface area contributed by atoms with Gasteiger partial charge in [0.2, 0.25) is 0 Å². The molecule has 0 atom stereocenters. The van der Waals surface area contributed by atoms with Crippen molar-refractivity contribution in [1.82, 2.24) is 0 Å². The van der Waals surface area contributed by atoms with Crippen molar-refractivity contribution in [3.63, 3.8) is 0 Å². The van der Waals surface area contributed by atoms with E-state index in [-0.39, 0.29) is 0 Å². The van der Waals surface area contributed by atoms with Gasteiger partial charge in [-0.15, -0.1) is 0 Å². The first kappa shape index (κ1) is 28.4. The minimum atomic E-state index is 0.910. The van der Waals surface area contributed by atoms with Gasteiger partial charge in [-0.25, -0.2) is 0 Å². The summed E-state index contributed by atoms with van der Waals surface area (Å²) in [5, 5.41) is 9.76. The van der Waals surface area contributed by atoms with Crippen LogP contribution in [0, 0.1) is 0 Å². The molecule has 0 unspecified atom stereocenters. The summed E-state index contributed by atoms with van der Waals surface area (Å²) in [7, 11) is 0. The first-order valence-electron chi connectivity index (χ1n) is 17.1. The Kier molecular flexibility index (Phi) is 6.53. The van der Waals surface area contributed by atoms with Crippen molar-refractivity contribution in [1.29, 1.82) is 0 Å². The van der Waals surface area contributed by atoms with Crippen LogP contribution in [0.1, 0.15) is 0 Å². The van der Waals surface area contributed by atoms with Crippen LogP contribution in [0.4, 0.5) is 17.1 Å². The van der Waals surface area contributed by atoms with E-state index in [0.717, 1.165) is 50.1 Å². The van der Waals surface area contributed by atoms with E-state index in [4.69, 9.17) is 4.42 Å². The first-order chi connectivity index (χ1) is 24.8. The predicted molar refractivity (Wildman–Crippen MR) is 212 cm³/mol. The van der Waals surface area contributed by atoms with Gasteiger partial charge < -0.3 is 9.32 Å². The van der Waals surface area contributed by atoms with Gasteiger partial charge >= 0.3 is 0 Å². The molecule has 0 aliphatic carbocycles. The molecule has 10 aromatic rings. The Hall–Kier alpha value is -6.64. The number of nitrogens with zero attached hydrogens (tertiary/aromatic N) is 1. The summed E-state index contributed by atoms with van der Waals surface area (Å²) < 4.78 is 6.41. The van der Waals surface area contributed by atoms with Gasteiger partial charge in [0.05, 0.1) is 5.69 Å². The standard InChI is InChI=1S/C48H31NO/c1-2-11-32(12-3-1)33-23-27-37(28-24-33)49(45-31-36-22-21-34-13-4-5-14-39(34)47(36)43-17-7-6-15-41(43)45)38-29-25-35(26-30-38)40-18-10-19-44-42-16-8-9-20-46(42)50-48(40)44/h1-31H. The molecule has 0 aliphatic rings. The van der Waals surface area contributed by atoms with Gasteiger partial charge in [-0.05, 0) is 80.0 Å². The molecule has 2 heteroatoms. The van der Waals surface area contributed by atoms with Crippen LogP contribution in [0.15, 0.2) is 192 Å². The molecule has 0 spiro atoms. The average molecular weight is 638 g/mol. The second kappa shape index (κ2) is 11.5. The first-order valence-corrected chi connectivity index (χ1v) is 17.1. The number of benzene rings is 9. The van der Waals surface area contributed by atoms with Crippen molar-refractivity contribution < 1.29 is 4.42 Å². The molecular formula is C48H31NO. The van der Waals surface area contributed by atoms with Crippen LogP contribution in [-0.2, 0) is 0 Å². The highest BCUT2D eigenvalue weighted by Gasteiger charge is 2.19. The van der Waals surface area contributed by atoms with Crippen LogP contribution in [0.25, 0.3) is 76.5 Å². The molecule has 1 aromatic heterocycles. The van der Waals surface area contributed by atoms with Crippen LogP contribution < -0.4 is 4.90 Å². The van der Waals surface area contributed by atoms with Gasteiger partial charge in [-0.2, -0.15) is 0 Å². The topological polar surface area (TPSA) is 16.4 Å². The monoisotopic (exact) mass is 637 g/mol. The fourth-order valence-corrected chi connectivity index (χ4v) is 7.67. The average Bonchev–Trinajstić information content (AvgIpc) is 3.58. The predicted octanol–water partition coefficient (Wildman–Crippen LogP) is 13.8. The fourth-order valence-electron chi connectivity index (χ4n) is 7.67. The summed E-state index contributed by atoms with van der Waals surface area (Å²) in [6, 6.07) is 67.5. The van der Waals surface area contributed by atoms with Crippen molar-refractivity contribution in [2.24, 2.45) is 0 Å². The van der Waals surface area contributed by atoms with Crippen molar-refractivity contribution >= 4 is 71.3 Å². The highest BCUT2D eigenvalue weighted by atomic mass is 16.3. The maximum Gasteiger partial charge on any atom is 0.143 e. The Morgan fingerprint density at radius 1 is 0.360 bits per heavy atom. The molecular weight excluding hydrogens is 607 g/mol. The molecule has 0 saturated heterocycles. The number of rotatable bonds is 5. The molecule has 0 fully saturated rings. The Bertz CT molecular complexity index is 2850. The number of furan rings is 1. The molecule has 10 rings (SSSR count). The number of fused-ring (bicyclic) bond motifs is 8. The zero-order valence-electron chi connectivity index (χ0n) is 27.3. The number of anilines is 3. The normalized spacial score (nSPS) is 11.6. The molecule has 0 amide bonds. The van der Waals surface area contributed by atoms with Gasteiger partial charge in [0.15, 0.2) is 0 Å². The Morgan fingerprint density at radius 2 is 0.940 bits per heavy atom. The van der Waals surface area contributed by atoms with E-state index >= 15 is 0 Å². The van der Waals surface area contributed by atoms with E-state index < -0.39 is 0 Å². The van der Waals surface area contributed by atoms with E-state index in [9.17, 15) is 0 Å². The zero-order chi connectivity index (χ0) is 33.0. The Morgan fingerprint density at radius 3 is 1.72 bits per heavy atom. The second-order valence-electron chi connectivity index (χ2n) is 12.9. The molecule has 0 N–H and O–H groups in total. The third kappa shape index (κ3) is 4.57. The lowest BCUT2D eigenvalue weighted by Gasteiger charge is -2.28. The minimum Gasteiger partial charge on any atom is -0.455 e. The largest absolute Gasteiger partial charge is 0.455 e. The van der Waals surface area contributed by atoms with Crippen molar-refractivity contribution in [2.75, 3.05) is 4.90 Å². The van der Waals surface area contributed by atoms with Crippen LogP contribution in [-0.4, -0.2) is 0 Å². The lowest BCUT2D eigenvalue weighted by molar-refractivity contribution is 0.670. The van der Waals surface area contributed by atoms with Crippen LogP contribution >= 0.6 is 0 Å². The molecule has 0 aliphatic heterocycles. The van der Waals surface area contributed by atoms with Crippen molar-refractivity contribution in [3.05, 3.63) is 188 Å². The lowest BCUT2D eigenvalue weighted by atomic mass is 9.94. The van der Waals surface area contributed by atoms with Gasteiger partial charge in [-0.1, -0.05) is 152 Å². The van der Waals surface area contributed by atoms with E-state index in [1.165, 1.54) is 43.4 Å². The molecule has 234 valence electrons. The number of para-hydroxylation sites is 2. The van der Waals surface area contributed by atoms with E-state index in [0.29, 0.717) is 0 Å². The van der Waals surface area contributed by atoms with Crippen LogP contribution in [0.2, 0.25) is 0 Å². The summed E-state index contributed by atoms with van der Waals surface area (Å²) in [4.78, 5) is 2.40. The third-order valence-corrected chi connectivity index (χ3v) is 10.0. The zero-order valence-corrected chi connectivity index (χ0v) is 27.3. The molecule has 0 saturated carbocycles. The summed E-state index contributed by atoms with van der Waals surface area (Å²) in [5.74, 6) is 0. The maximum absolute atomic E-state index is 6.41. The highest BCUT2D eigenvalue weighted by Crippen LogP contribution is 2.45. The number of hydrogen-bond donors (Lipinski definition) is 0. The molecule has 50 heavy (non-hydrogen) atoms. The molecule has 2 nitrogen and oxygen atoms in total. The fraction of sp³-hybridized carbons (Fsp3) is 0. The maximum atomic E-state index is 6.41.